The minimum absolute atomic E-state index is 0.0262. The maximum absolute atomic E-state index is 15.1. The van der Waals surface area contributed by atoms with E-state index >= 15 is 4.39 Å². The topological polar surface area (TPSA) is 65.8 Å². The largest absolute Gasteiger partial charge is 0.477 e. The number of rotatable bonds is 4. The third-order valence-electron chi connectivity index (χ3n) is 5.84. The van der Waals surface area contributed by atoms with Crippen LogP contribution in [0.15, 0.2) is 17.1 Å². The predicted molar refractivity (Wildman–Crippen MR) is 107 cm³/mol. The molecule has 1 saturated heterocycles. The molecular weight excluding hydrogens is 385 g/mol. The monoisotopic (exact) mass is 407 g/mol. The number of carboxylic acids is 1. The molecule has 1 saturated carbocycles. The Morgan fingerprint density at radius 3 is 2.64 bits per heavy atom. The Morgan fingerprint density at radius 1 is 1.36 bits per heavy atom. The summed E-state index contributed by atoms with van der Waals surface area (Å²) in [6, 6.07) is 1.50. The van der Waals surface area contributed by atoms with Crippen molar-refractivity contribution in [1.82, 2.24) is 9.47 Å². The van der Waals surface area contributed by atoms with Gasteiger partial charge < -0.3 is 14.6 Å². The molecule has 2 aromatic rings. The van der Waals surface area contributed by atoms with Crippen molar-refractivity contribution >= 4 is 34.2 Å². The number of hydrogen-bond donors (Lipinski definition) is 1. The zero-order valence-electron chi connectivity index (χ0n) is 15.9. The van der Waals surface area contributed by atoms with E-state index in [9.17, 15) is 14.7 Å². The van der Waals surface area contributed by atoms with Crippen LogP contribution in [0.2, 0.25) is 5.02 Å². The molecule has 28 heavy (non-hydrogen) atoms. The molecule has 2 heterocycles. The van der Waals surface area contributed by atoms with Crippen molar-refractivity contribution in [1.29, 1.82) is 0 Å². The third-order valence-corrected chi connectivity index (χ3v) is 6.20. The first-order valence-electron chi connectivity index (χ1n) is 9.62. The highest BCUT2D eigenvalue weighted by Crippen LogP contribution is 2.42. The van der Waals surface area contributed by atoms with E-state index in [1.165, 1.54) is 6.20 Å². The van der Waals surface area contributed by atoms with Crippen molar-refractivity contribution < 1.29 is 14.3 Å². The van der Waals surface area contributed by atoms with E-state index in [2.05, 4.69) is 18.7 Å². The van der Waals surface area contributed by atoms with Crippen LogP contribution in [0.1, 0.15) is 43.1 Å². The van der Waals surface area contributed by atoms with Gasteiger partial charge in [0.05, 0.1) is 21.6 Å². The summed E-state index contributed by atoms with van der Waals surface area (Å²) in [5, 5.41) is 9.59. The second kappa shape index (κ2) is 7.04. The predicted octanol–water partition coefficient (Wildman–Crippen LogP) is 3.36. The van der Waals surface area contributed by atoms with Gasteiger partial charge in [0, 0.05) is 37.9 Å². The second-order valence-electron chi connectivity index (χ2n) is 7.66. The first-order chi connectivity index (χ1) is 13.3. The lowest BCUT2D eigenvalue weighted by Crippen LogP contribution is -2.52. The standard InChI is InChI=1S/C20H23ClFN3O3/c1-3-23-6-7-24(9-11(23)2)18-15(22)8-13-17(16(18)21)25(12-4-5-12)10-14(19(13)26)20(27)28/h8,10-12H,3-7,9H2,1-2H3,(H,27,28). The van der Waals surface area contributed by atoms with Gasteiger partial charge in [-0.3, -0.25) is 9.69 Å². The molecular formula is C20H23ClFN3O3. The Hall–Kier alpha value is -2.12. The van der Waals surface area contributed by atoms with E-state index < -0.39 is 17.2 Å². The summed E-state index contributed by atoms with van der Waals surface area (Å²) >= 11 is 6.68. The Kier molecular flexibility index (Phi) is 4.83. The zero-order chi connectivity index (χ0) is 20.2. The van der Waals surface area contributed by atoms with Gasteiger partial charge in [0.25, 0.3) is 0 Å². The van der Waals surface area contributed by atoms with Gasteiger partial charge in [-0.05, 0) is 32.4 Å². The fourth-order valence-corrected chi connectivity index (χ4v) is 4.59. The Balaban J connectivity index is 1.91. The van der Waals surface area contributed by atoms with Crippen molar-refractivity contribution in [2.45, 2.75) is 38.8 Å². The minimum Gasteiger partial charge on any atom is -0.477 e. The van der Waals surface area contributed by atoms with Gasteiger partial charge in [0.2, 0.25) is 5.43 Å². The van der Waals surface area contributed by atoms with Crippen molar-refractivity contribution in [3.63, 3.8) is 0 Å². The van der Waals surface area contributed by atoms with Crippen LogP contribution in [-0.4, -0.2) is 52.8 Å². The normalized spacial score (nSPS) is 20.7. The number of anilines is 1. The SMILES string of the molecule is CCN1CCN(c2c(F)cc3c(=O)c(C(=O)O)cn(C4CC4)c3c2Cl)CC1C. The van der Waals surface area contributed by atoms with Crippen LogP contribution < -0.4 is 10.3 Å². The number of halogens is 2. The smallest absolute Gasteiger partial charge is 0.341 e. The number of piperazine rings is 1. The maximum Gasteiger partial charge on any atom is 0.341 e. The van der Waals surface area contributed by atoms with Crippen LogP contribution in [0.4, 0.5) is 10.1 Å². The molecule has 0 spiro atoms. The molecule has 1 aliphatic carbocycles. The molecule has 6 nitrogen and oxygen atoms in total. The highest BCUT2D eigenvalue weighted by Gasteiger charge is 2.31. The van der Waals surface area contributed by atoms with Crippen LogP contribution in [0, 0.1) is 5.82 Å². The molecule has 1 unspecified atom stereocenters. The average molecular weight is 408 g/mol. The van der Waals surface area contributed by atoms with Gasteiger partial charge in [-0.15, -0.1) is 0 Å². The number of nitrogens with zero attached hydrogens (tertiary/aromatic N) is 3. The summed E-state index contributed by atoms with van der Waals surface area (Å²) in [5.74, 6) is -1.90. The Morgan fingerprint density at radius 2 is 2.07 bits per heavy atom. The number of carboxylic acid groups (broad SMARTS) is 1. The molecule has 1 atom stereocenters. The molecule has 2 fully saturated rings. The quantitative estimate of drug-likeness (QED) is 0.841. The number of aromatic nitrogens is 1. The Labute approximate surface area is 167 Å². The molecule has 4 rings (SSSR count). The summed E-state index contributed by atoms with van der Waals surface area (Å²) in [6.45, 7) is 7.21. The fourth-order valence-electron chi connectivity index (χ4n) is 4.18. The van der Waals surface area contributed by atoms with E-state index in [0.29, 0.717) is 24.3 Å². The first-order valence-corrected chi connectivity index (χ1v) is 10.00. The number of carbonyl (C=O) groups is 1. The summed E-state index contributed by atoms with van der Waals surface area (Å²) in [5.41, 5.74) is -0.321. The number of fused-ring (bicyclic) bond motifs is 1. The Bertz CT molecular complexity index is 1020. The molecule has 0 amide bonds. The molecule has 8 heteroatoms. The van der Waals surface area contributed by atoms with Crippen molar-refractivity contribution in [2.24, 2.45) is 0 Å². The average Bonchev–Trinajstić information content (AvgIpc) is 3.47. The summed E-state index contributed by atoms with van der Waals surface area (Å²) in [7, 11) is 0. The first kappa shape index (κ1) is 19.2. The van der Waals surface area contributed by atoms with Crippen LogP contribution in [0.3, 0.4) is 0 Å². The number of likely N-dealkylation sites (N-methyl/N-ethyl adjacent to an activating group) is 1. The molecule has 1 aliphatic heterocycles. The molecule has 150 valence electrons. The summed E-state index contributed by atoms with van der Waals surface area (Å²) in [4.78, 5) is 28.4. The zero-order valence-corrected chi connectivity index (χ0v) is 16.7. The van der Waals surface area contributed by atoms with Crippen LogP contribution >= 0.6 is 11.6 Å². The lowest BCUT2D eigenvalue weighted by atomic mass is 10.1. The summed E-state index contributed by atoms with van der Waals surface area (Å²) < 4.78 is 16.8. The van der Waals surface area contributed by atoms with Crippen molar-refractivity contribution in [3.8, 4) is 0 Å². The second-order valence-corrected chi connectivity index (χ2v) is 8.03. The van der Waals surface area contributed by atoms with Crippen LogP contribution in [0.5, 0.6) is 0 Å². The summed E-state index contributed by atoms with van der Waals surface area (Å²) in [6.07, 6.45) is 3.12. The molecule has 0 radical (unpaired) electrons. The van der Waals surface area contributed by atoms with Crippen molar-refractivity contribution in [3.05, 3.63) is 38.9 Å². The minimum atomic E-state index is -1.31. The third kappa shape index (κ3) is 3.06. The number of hydrogen-bond acceptors (Lipinski definition) is 4. The van der Waals surface area contributed by atoms with Gasteiger partial charge in [-0.2, -0.15) is 0 Å². The molecule has 1 aromatic heterocycles. The van der Waals surface area contributed by atoms with Gasteiger partial charge in [0.1, 0.15) is 11.4 Å². The van der Waals surface area contributed by atoms with Crippen molar-refractivity contribution in [2.75, 3.05) is 31.1 Å². The number of benzene rings is 1. The van der Waals surface area contributed by atoms with Gasteiger partial charge in [-0.1, -0.05) is 18.5 Å². The molecule has 1 N–H and O–H groups in total. The van der Waals surface area contributed by atoms with E-state index in [4.69, 9.17) is 11.6 Å². The highest BCUT2D eigenvalue weighted by molar-refractivity contribution is 6.38. The van der Waals surface area contributed by atoms with Gasteiger partial charge in [-0.25, -0.2) is 9.18 Å². The fraction of sp³-hybridized carbons (Fsp3) is 0.500. The van der Waals surface area contributed by atoms with Crippen LogP contribution in [-0.2, 0) is 0 Å². The highest BCUT2D eigenvalue weighted by atomic mass is 35.5. The van der Waals surface area contributed by atoms with E-state index in [0.717, 1.165) is 32.0 Å². The molecule has 1 aromatic carbocycles. The number of pyridine rings is 1. The van der Waals surface area contributed by atoms with E-state index in [1.54, 1.807) is 4.57 Å². The van der Waals surface area contributed by atoms with Gasteiger partial charge in [0.15, 0.2) is 0 Å². The molecule has 0 bridgehead atoms. The van der Waals surface area contributed by atoms with E-state index in [-0.39, 0.29) is 28.1 Å². The number of aromatic carboxylic acids is 1. The lowest BCUT2D eigenvalue weighted by molar-refractivity contribution is 0.0695. The van der Waals surface area contributed by atoms with Gasteiger partial charge >= 0.3 is 5.97 Å². The van der Waals surface area contributed by atoms with E-state index in [1.807, 2.05) is 4.90 Å². The van der Waals surface area contributed by atoms with Crippen LogP contribution in [0.25, 0.3) is 10.9 Å². The maximum atomic E-state index is 15.1. The molecule has 2 aliphatic rings. The lowest BCUT2D eigenvalue weighted by Gasteiger charge is -2.41.